The van der Waals surface area contributed by atoms with Crippen LogP contribution in [0.1, 0.15) is 25.3 Å². The standard InChI is InChI=1S/C16H18O/c1-12(2)14-10-7-11-15(17-3)16(14)13-8-5-4-6-9-13/h4-12H,1-3H3. The van der Waals surface area contributed by atoms with Gasteiger partial charge in [-0.3, -0.25) is 0 Å². The molecule has 0 spiro atoms. The highest BCUT2D eigenvalue weighted by Crippen LogP contribution is 2.36. The van der Waals surface area contributed by atoms with Crippen LogP contribution >= 0.6 is 0 Å². The molecule has 0 atom stereocenters. The van der Waals surface area contributed by atoms with E-state index in [1.165, 1.54) is 16.7 Å². The van der Waals surface area contributed by atoms with Crippen molar-refractivity contribution in [2.45, 2.75) is 19.8 Å². The molecule has 88 valence electrons. The number of hydrogen-bond acceptors (Lipinski definition) is 1. The summed E-state index contributed by atoms with van der Waals surface area (Å²) in [4.78, 5) is 0. The molecule has 0 aromatic heterocycles. The Hall–Kier alpha value is -1.76. The summed E-state index contributed by atoms with van der Waals surface area (Å²) in [5, 5.41) is 0. The van der Waals surface area contributed by atoms with Crippen molar-refractivity contribution in [3.63, 3.8) is 0 Å². The maximum Gasteiger partial charge on any atom is 0.126 e. The van der Waals surface area contributed by atoms with Gasteiger partial charge in [-0.25, -0.2) is 0 Å². The van der Waals surface area contributed by atoms with E-state index >= 15 is 0 Å². The summed E-state index contributed by atoms with van der Waals surface area (Å²) >= 11 is 0. The Bertz CT molecular complexity index is 486. The second-order valence-corrected chi connectivity index (χ2v) is 4.45. The summed E-state index contributed by atoms with van der Waals surface area (Å²) in [5.74, 6) is 1.43. The van der Waals surface area contributed by atoms with Crippen LogP contribution in [0.15, 0.2) is 48.5 Å². The minimum absolute atomic E-state index is 0.486. The van der Waals surface area contributed by atoms with Crippen molar-refractivity contribution in [2.75, 3.05) is 7.11 Å². The molecular formula is C16H18O. The van der Waals surface area contributed by atoms with Gasteiger partial charge < -0.3 is 4.74 Å². The zero-order valence-corrected chi connectivity index (χ0v) is 10.6. The number of rotatable bonds is 3. The van der Waals surface area contributed by atoms with Crippen LogP contribution in [0.4, 0.5) is 0 Å². The Morgan fingerprint density at radius 1 is 0.882 bits per heavy atom. The Morgan fingerprint density at radius 2 is 1.59 bits per heavy atom. The van der Waals surface area contributed by atoms with E-state index in [-0.39, 0.29) is 0 Å². The van der Waals surface area contributed by atoms with Crippen molar-refractivity contribution < 1.29 is 4.74 Å². The van der Waals surface area contributed by atoms with Crippen LogP contribution in [0.5, 0.6) is 5.75 Å². The summed E-state index contributed by atoms with van der Waals surface area (Å²) in [6, 6.07) is 16.7. The van der Waals surface area contributed by atoms with Crippen molar-refractivity contribution in [2.24, 2.45) is 0 Å². The van der Waals surface area contributed by atoms with E-state index in [1.807, 2.05) is 12.1 Å². The van der Waals surface area contributed by atoms with E-state index in [0.29, 0.717) is 5.92 Å². The maximum atomic E-state index is 5.49. The molecule has 0 bridgehead atoms. The molecule has 1 heteroatoms. The molecule has 0 amide bonds. The monoisotopic (exact) mass is 226 g/mol. The van der Waals surface area contributed by atoms with Crippen molar-refractivity contribution >= 4 is 0 Å². The molecule has 2 rings (SSSR count). The van der Waals surface area contributed by atoms with E-state index in [0.717, 1.165) is 5.75 Å². The number of methoxy groups -OCH3 is 1. The van der Waals surface area contributed by atoms with E-state index in [4.69, 9.17) is 4.74 Å². The van der Waals surface area contributed by atoms with Crippen molar-refractivity contribution in [1.29, 1.82) is 0 Å². The van der Waals surface area contributed by atoms with Gasteiger partial charge >= 0.3 is 0 Å². The molecule has 0 heterocycles. The highest BCUT2D eigenvalue weighted by Gasteiger charge is 2.13. The van der Waals surface area contributed by atoms with Crippen LogP contribution in [0.25, 0.3) is 11.1 Å². The average molecular weight is 226 g/mol. The molecule has 2 aromatic rings. The fraction of sp³-hybridized carbons (Fsp3) is 0.250. The lowest BCUT2D eigenvalue weighted by Crippen LogP contribution is -1.96. The third-order valence-corrected chi connectivity index (χ3v) is 2.96. The average Bonchev–Trinajstić information content (AvgIpc) is 2.38. The third-order valence-electron chi connectivity index (χ3n) is 2.96. The quantitative estimate of drug-likeness (QED) is 0.749. The molecule has 1 nitrogen and oxygen atoms in total. The Morgan fingerprint density at radius 3 is 2.18 bits per heavy atom. The molecule has 0 unspecified atom stereocenters. The summed E-state index contributed by atoms with van der Waals surface area (Å²) in [6.45, 7) is 4.42. The van der Waals surface area contributed by atoms with Gasteiger partial charge in [-0.1, -0.05) is 56.3 Å². The lowest BCUT2D eigenvalue weighted by atomic mass is 9.92. The van der Waals surface area contributed by atoms with Gasteiger partial charge in [-0.15, -0.1) is 0 Å². The second-order valence-electron chi connectivity index (χ2n) is 4.45. The fourth-order valence-electron chi connectivity index (χ4n) is 2.11. The predicted octanol–water partition coefficient (Wildman–Crippen LogP) is 4.49. The van der Waals surface area contributed by atoms with Crippen molar-refractivity contribution in [1.82, 2.24) is 0 Å². The highest BCUT2D eigenvalue weighted by molar-refractivity contribution is 5.74. The van der Waals surface area contributed by atoms with Gasteiger partial charge in [0.2, 0.25) is 0 Å². The normalized spacial score (nSPS) is 10.6. The first-order valence-corrected chi connectivity index (χ1v) is 5.96. The second kappa shape index (κ2) is 5.05. The fourth-order valence-corrected chi connectivity index (χ4v) is 2.11. The first-order chi connectivity index (χ1) is 8.24. The molecule has 0 N–H and O–H groups in total. The molecule has 0 saturated carbocycles. The summed E-state index contributed by atoms with van der Waals surface area (Å²) < 4.78 is 5.49. The number of ether oxygens (including phenoxy) is 1. The number of hydrogen-bond donors (Lipinski definition) is 0. The topological polar surface area (TPSA) is 9.23 Å². The van der Waals surface area contributed by atoms with Crippen molar-refractivity contribution in [3.8, 4) is 16.9 Å². The molecule has 0 saturated heterocycles. The Balaban J connectivity index is 2.65. The van der Waals surface area contributed by atoms with Crippen LogP contribution in [0, 0.1) is 0 Å². The zero-order valence-electron chi connectivity index (χ0n) is 10.6. The molecule has 0 radical (unpaired) electrons. The third kappa shape index (κ3) is 2.33. The van der Waals surface area contributed by atoms with Gasteiger partial charge in [0.25, 0.3) is 0 Å². The van der Waals surface area contributed by atoms with Gasteiger partial charge in [0, 0.05) is 5.56 Å². The van der Waals surface area contributed by atoms with Crippen LogP contribution in [0.3, 0.4) is 0 Å². The molecular weight excluding hydrogens is 208 g/mol. The zero-order chi connectivity index (χ0) is 12.3. The van der Waals surface area contributed by atoms with E-state index in [1.54, 1.807) is 7.11 Å². The molecule has 0 aliphatic heterocycles. The Kier molecular flexibility index (Phi) is 3.48. The first-order valence-electron chi connectivity index (χ1n) is 5.96. The van der Waals surface area contributed by atoms with Crippen LogP contribution < -0.4 is 4.74 Å². The van der Waals surface area contributed by atoms with E-state index < -0.39 is 0 Å². The minimum atomic E-state index is 0.486. The SMILES string of the molecule is COc1cccc(C(C)C)c1-c1ccccc1. The van der Waals surface area contributed by atoms with Gasteiger partial charge in [-0.05, 0) is 23.1 Å². The predicted molar refractivity (Wildman–Crippen MR) is 72.5 cm³/mol. The lowest BCUT2D eigenvalue weighted by Gasteiger charge is -2.16. The Labute approximate surface area is 103 Å². The summed E-state index contributed by atoms with van der Waals surface area (Å²) in [7, 11) is 1.73. The first kappa shape index (κ1) is 11.7. The maximum absolute atomic E-state index is 5.49. The minimum Gasteiger partial charge on any atom is -0.496 e. The summed E-state index contributed by atoms with van der Waals surface area (Å²) in [5.41, 5.74) is 3.76. The van der Waals surface area contributed by atoms with E-state index in [9.17, 15) is 0 Å². The summed E-state index contributed by atoms with van der Waals surface area (Å²) in [6.07, 6.45) is 0. The molecule has 0 aliphatic rings. The smallest absolute Gasteiger partial charge is 0.126 e. The van der Waals surface area contributed by atoms with E-state index in [2.05, 4.69) is 50.2 Å². The van der Waals surface area contributed by atoms with Gasteiger partial charge in [0.15, 0.2) is 0 Å². The van der Waals surface area contributed by atoms with Crippen LogP contribution in [0.2, 0.25) is 0 Å². The van der Waals surface area contributed by atoms with Gasteiger partial charge in [-0.2, -0.15) is 0 Å². The number of benzene rings is 2. The van der Waals surface area contributed by atoms with Gasteiger partial charge in [0.05, 0.1) is 7.11 Å². The van der Waals surface area contributed by atoms with Crippen molar-refractivity contribution in [3.05, 3.63) is 54.1 Å². The molecule has 2 aromatic carbocycles. The highest BCUT2D eigenvalue weighted by atomic mass is 16.5. The molecule has 17 heavy (non-hydrogen) atoms. The van der Waals surface area contributed by atoms with Crippen LogP contribution in [-0.2, 0) is 0 Å². The lowest BCUT2D eigenvalue weighted by molar-refractivity contribution is 0.416. The van der Waals surface area contributed by atoms with Crippen LogP contribution in [-0.4, -0.2) is 7.11 Å². The largest absolute Gasteiger partial charge is 0.496 e. The molecule has 0 fully saturated rings. The molecule has 0 aliphatic carbocycles. The van der Waals surface area contributed by atoms with Gasteiger partial charge in [0.1, 0.15) is 5.75 Å².